The molecule has 0 fully saturated rings. The number of likely N-dealkylation sites (N-methyl/N-ethyl adjacent to an activating group) is 1. The van der Waals surface area contributed by atoms with Gasteiger partial charge in [-0.05, 0) is 31.7 Å². The van der Waals surface area contributed by atoms with E-state index < -0.39 is 11.7 Å². The first kappa shape index (κ1) is 12.8. The van der Waals surface area contributed by atoms with Crippen molar-refractivity contribution in [3.8, 4) is 0 Å². The summed E-state index contributed by atoms with van der Waals surface area (Å²) in [6.07, 6.45) is -0.579. The molecule has 0 heterocycles. The quantitative estimate of drug-likeness (QED) is 0.838. The average Bonchev–Trinajstić information content (AvgIpc) is 2.25. The summed E-state index contributed by atoms with van der Waals surface area (Å²) in [5, 5.41) is 3.00. The lowest BCUT2D eigenvalue weighted by Gasteiger charge is -2.06. The molecule has 0 unspecified atom stereocenters. The minimum absolute atomic E-state index is 0.197. The Hall–Kier alpha value is -1.29. The summed E-state index contributed by atoms with van der Waals surface area (Å²) in [6.45, 7) is 1.96. The first-order chi connectivity index (χ1) is 7.43. The Morgan fingerprint density at radius 3 is 2.19 bits per heavy atom. The smallest absolute Gasteiger partial charge is 0.314 e. The molecule has 0 radical (unpaired) electrons. The Labute approximate surface area is 93.0 Å². The van der Waals surface area contributed by atoms with Crippen molar-refractivity contribution < 1.29 is 13.2 Å². The summed E-state index contributed by atoms with van der Waals surface area (Å²) in [5.41, 5.74) is 0.140. The van der Waals surface area contributed by atoms with Crippen LogP contribution in [-0.4, -0.2) is 13.1 Å². The Balaban J connectivity index is 2.76. The standard InChI is InChI=1S/C12H14F3N/c1-9(16-2)3-4-10-5-7-11(8-6-10)12(13,14)15/h3-9,16H,1-2H3/b4-3+/t9-/m0/s1. The van der Waals surface area contributed by atoms with Crippen molar-refractivity contribution in [2.45, 2.75) is 19.1 Å². The van der Waals surface area contributed by atoms with E-state index in [1.807, 2.05) is 20.0 Å². The molecule has 1 atom stereocenters. The minimum Gasteiger partial charge on any atom is -0.314 e. The van der Waals surface area contributed by atoms with Crippen molar-refractivity contribution >= 4 is 6.08 Å². The van der Waals surface area contributed by atoms with Gasteiger partial charge in [-0.15, -0.1) is 0 Å². The number of rotatable bonds is 3. The van der Waals surface area contributed by atoms with Gasteiger partial charge in [0.15, 0.2) is 0 Å². The van der Waals surface area contributed by atoms with Crippen LogP contribution in [0.25, 0.3) is 6.08 Å². The number of benzene rings is 1. The second-order valence-electron chi connectivity index (χ2n) is 3.56. The van der Waals surface area contributed by atoms with Gasteiger partial charge in [0, 0.05) is 6.04 Å². The molecule has 0 bridgehead atoms. The highest BCUT2D eigenvalue weighted by Crippen LogP contribution is 2.29. The van der Waals surface area contributed by atoms with Crippen molar-refractivity contribution in [2.75, 3.05) is 7.05 Å². The molecule has 0 spiro atoms. The Morgan fingerprint density at radius 2 is 1.75 bits per heavy atom. The first-order valence-electron chi connectivity index (χ1n) is 4.96. The topological polar surface area (TPSA) is 12.0 Å². The number of hydrogen-bond donors (Lipinski definition) is 1. The molecule has 0 aromatic heterocycles. The lowest BCUT2D eigenvalue weighted by molar-refractivity contribution is -0.137. The van der Waals surface area contributed by atoms with E-state index in [1.54, 1.807) is 6.08 Å². The van der Waals surface area contributed by atoms with Gasteiger partial charge in [0.25, 0.3) is 0 Å². The average molecular weight is 229 g/mol. The maximum atomic E-state index is 12.3. The van der Waals surface area contributed by atoms with Crippen molar-refractivity contribution in [1.29, 1.82) is 0 Å². The Kier molecular flexibility index (Phi) is 4.12. The van der Waals surface area contributed by atoms with Crippen LogP contribution < -0.4 is 5.32 Å². The third-order valence-electron chi connectivity index (χ3n) is 2.27. The van der Waals surface area contributed by atoms with Gasteiger partial charge in [-0.2, -0.15) is 13.2 Å². The van der Waals surface area contributed by atoms with Gasteiger partial charge in [-0.25, -0.2) is 0 Å². The van der Waals surface area contributed by atoms with E-state index >= 15 is 0 Å². The molecule has 1 aromatic rings. The number of hydrogen-bond acceptors (Lipinski definition) is 1. The summed E-state index contributed by atoms with van der Waals surface area (Å²) in [6, 6.07) is 5.29. The second kappa shape index (κ2) is 5.16. The SMILES string of the molecule is CN[C@@H](C)/C=C/c1ccc(C(F)(F)F)cc1. The van der Waals surface area contributed by atoms with Gasteiger partial charge >= 0.3 is 6.18 Å². The predicted molar refractivity (Wildman–Crippen MR) is 59.0 cm³/mol. The van der Waals surface area contributed by atoms with Gasteiger partial charge < -0.3 is 5.32 Å². The summed E-state index contributed by atoms with van der Waals surface area (Å²) in [5.74, 6) is 0. The van der Waals surface area contributed by atoms with Crippen molar-refractivity contribution in [3.63, 3.8) is 0 Å². The molecule has 88 valence electrons. The zero-order chi connectivity index (χ0) is 12.2. The summed E-state index contributed by atoms with van der Waals surface area (Å²) in [4.78, 5) is 0. The van der Waals surface area contributed by atoms with Crippen LogP contribution in [0.3, 0.4) is 0 Å². The fourth-order valence-electron chi connectivity index (χ4n) is 1.13. The normalized spacial score (nSPS) is 14.3. The van der Waals surface area contributed by atoms with E-state index in [0.717, 1.165) is 17.7 Å². The highest BCUT2D eigenvalue weighted by molar-refractivity contribution is 5.50. The molecule has 1 rings (SSSR count). The lowest BCUT2D eigenvalue weighted by Crippen LogP contribution is -2.17. The van der Waals surface area contributed by atoms with E-state index in [0.29, 0.717) is 0 Å². The third kappa shape index (κ3) is 3.70. The zero-order valence-corrected chi connectivity index (χ0v) is 9.18. The molecule has 1 aromatic carbocycles. The molecule has 4 heteroatoms. The van der Waals surface area contributed by atoms with Crippen LogP contribution in [0.2, 0.25) is 0 Å². The van der Waals surface area contributed by atoms with Crippen LogP contribution in [0.15, 0.2) is 30.3 Å². The second-order valence-corrected chi connectivity index (χ2v) is 3.56. The maximum absolute atomic E-state index is 12.3. The van der Waals surface area contributed by atoms with Crippen LogP contribution in [0.5, 0.6) is 0 Å². The minimum atomic E-state index is -4.26. The molecule has 0 aliphatic heterocycles. The molecule has 0 aliphatic rings. The predicted octanol–water partition coefficient (Wildman–Crippen LogP) is 3.33. The van der Waals surface area contributed by atoms with E-state index in [-0.39, 0.29) is 6.04 Å². The number of halogens is 3. The van der Waals surface area contributed by atoms with Gasteiger partial charge in [0.1, 0.15) is 0 Å². The third-order valence-corrected chi connectivity index (χ3v) is 2.27. The molecule has 0 aliphatic carbocycles. The fourth-order valence-corrected chi connectivity index (χ4v) is 1.13. The number of alkyl halides is 3. The van der Waals surface area contributed by atoms with Crippen LogP contribution >= 0.6 is 0 Å². The molecule has 0 amide bonds. The highest BCUT2D eigenvalue weighted by atomic mass is 19.4. The molecular weight excluding hydrogens is 215 g/mol. The fraction of sp³-hybridized carbons (Fsp3) is 0.333. The van der Waals surface area contributed by atoms with E-state index in [4.69, 9.17) is 0 Å². The maximum Gasteiger partial charge on any atom is 0.416 e. The zero-order valence-electron chi connectivity index (χ0n) is 9.18. The van der Waals surface area contributed by atoms with Crippen molar-refractivity contribution in [1.82, 2.24) is 5.32 Å². The van der Waals surface area contributed by atoms with Gasteiger partial charge in [0.05, 0.1) is 5.56 Å². The van der Waals surface area contributed by atoms with Gasteiger partial charge in [-0.3, -0.25) is 0 Å². The number of nitrogens with one attached hydrogen (secondary N) is 1. The van der Waals surface area contributed by atoms with E-state index in [9.17, 15) is 13.2 Å². The van der Waals surface area contributed by atoms with Gasteiger partial charge in [-0.1, -0.05) is 24.3 Å². The lowest BCUT2D eigenvalue weighted by atomic mass is 10.1. The molecule has 1 nitrogen and oxygen atoms in total. The summed E-state index contributed by atoms with van der Waals surface area (Å²) < 4.78 is 36.8. The van der Waals surface area contributed by atoms with Crippen LogP contribution in [-0.2, 0) is 6.18 Å². The monoisotopic (exact) mass is 229 g/mol. The summed E-state index contributed by atoms with van der Waals surface area (Å²) in [7, 11) is 1.82. The van der Waals surface area contributed by atoms with E-state index in [2.05, 4.69) is 5.32 Å². The Bertz CT molecular complexity index is 352. The van der Waals surface area contributed by atoms with Gasteiger partial charge in [0.2, 0.25) is 0 Å². The van der Waals surface area contributed by atoms with Crippen LogP contribution in [0.1, 0.15) is 18.1 Å². The first-order valence-corrected chi connectivity index (χ1v) is 4.96. The van der Waals surface area contributed by atoms with Crippen LogP contribution in [0.4, 0.5) is 13.2 Å². The van der Waals surface area contributed by atoms with Crippen LogP contribution in [0, 0.1) is 0 Å². The molecule has 16 heavy (non-hydrogen) atoms. The summed E-state index contributed by atoms with van der Waals surface area (Å²) >= 11 is 0. The molecule has 0 saturated heterocycles. The largest absolute Gasteiger partial charge is 0.416 e. The van der Waals surface area contributed by atoms with Crippen molar-refractivity contribution in [2.24, 2.45) is 0 Å². The van der Waals surface area contributed by atoms with Crippen molar-refractivity contribution in [3.05, 3.63) is 41.5 Å². The highest BCUT2D eigenvalue weighted by Gasteiger charge is 2.29. The molecular formula is C12H14F3N. The Morgan fingerprint density at radius 1 is 1.19 bits per heavy atom. The van der Waals surface area contributed by atoms with E-state index in [1.165, 1.54) is 12.1 Å². The molecule has 0 saturated carbocycles. The molecule has 1 N–H and O–H groups in total.